The topological polar surface area (TPSA) is 94.3 Å². The number of carbonyl (C=O) groups is 2. The van der Waals surface area contributed by atoms with Gasteiger partial charge in [-0.25, -0.2) is 0 Å². The summed E-state index contributed by atoms with van der Waals surface area (Å²) in [6.45, 7) is 11.1. The van der Waals surface area contributed by atoms with Gasteiger partial charge in [-0.2, -0.15) is 0 Å². The highest BCUT2D eigenvalue weighted by Crippen LogP contribution is 2.11. The molecule has 0 saturated heterocycles. The molecule has 0 aliphatic carbocycles. The van der Waals surface area contributed by atoms with E-state index in [-0.39, 0.29) is 11.8 Å². The Balaban J connectivity index is 3.27. The van der Waals surface area contributed by atoms with Gasteiger partial charge in [-0.1, -0.05) is 141 Å². The molecule has 0 heterocycles. The van der Waals surface area contributed by atoms with E-state index in [1.165, 1.54) is 141 Å². The number of allylic oxidation sites excluding steroid dienone is 4. The molecular formula is C44H87N5O2. The van der Waals surface area contributed by atoms with Crippen LogP contribution in [0, 0.1) is 0 Å². The Morgan fingerprint density at radius 2 is 0.588 bits per heavy atom. The predicted octanol–water partition coefficient (Wildman–Crippen LogP) is 10.1. The van der Waals surface area contributed by atoms with Crippen LogP contribution in [-0.2, 0) is 9.59 Å². The first-order valence-electron chi connectivity index (χ1n) is 22.2. The predicted molar refractivity (Wildman–Crippen MR) is 224 cm³/mol. The number of unbranched alkanes of at least 4 members (excludes halogenated alkanes) is 22. The van der Waals surface area contributed by atoms with Crippen LogP contribution in [0.1, 0.15) is 194 Å². The average molecular weight is 718 g/mol. The highest BCUT2D eigenvalue weighted by atomic mass is 16.2. The van der Waals surface area contributed by atoms with Gasteiger partial charge < -0.3 is 26.6 Å². The molecule has 0 saturated carbocycles. The highest BCUT2D eigenvalue weighted by molar-refractivity contribution is 5.76. The van der Waals surface area contributed by atoms with E-state index in [1.807, 2.05) is 0 Å². The Kier molecular flexibility index (Phi) is 43.0. The standard InChI is InChI=1S/C44H87N5O2/c1-3-5-7-9-11-13-15-17-19-21-23-25-27-29-31-33-43(50)48-41-39-46-37-35-45-36-38-47-40-42-49-44(51)34-32-30-28-26-24-22-20-18-16-14-12-10-8-6-4-2/h17-20,45-47H,3-16,21-42H2,1-2H3,(H,48,50)(H,49,51)/b19-17+,20-18+. The van der Waals surface area contributed by atoms with Crippen molar-refractivity contribution in [2.24, 2.45) is 0 Å². The summed E-state index contributed by atoms with van der Waals surface area (Å²) in [6.07, 6.45) is 44.0. The molecule has 0 radical (unpaired) electrons. The van der Waals surface area contributed by atoms with E-state index in [1.54, 1.807) is 0 Å². The summed E-state index contributed by atoms with van der Waals surface area (Å²) < 4.78 is 0. The van der Waals surface area contributed by atoms with Gasteiger partial charge in [-0.05, 0) is 64.2 Å². The highest BCUT2D eigenvalue weighted by Gasteiger charge is 2.02. The number of rotatable bonds is 42. The number of hydrogen-bond donors (Lipinski definition) is 5. The molecule has 7 heteroatoms. The van der Waals surface area contributed by atoms with Gasteiger partial charge in [0.1, 0.15) is 0 Å². The van der Waals surface area contributed by atoms with Crippen LogP contribution in [0.2, 0.25) is 0 Å². The molecule has 300 valence electrons. The maximum atomic E-state index is 12.1. The Morgan fingerprint density at radius 1 is 0.333 bits per heavy atom. The SMILES string of the molecule is CCCCCCCC/C=C/CCCCCCCC(=O)NCCNCCNCCNCCNC(=O)CCCCCCC/C=C/CCCCCCCC. The lowest BCUT2D eigenvalue weighted by Gasteiger charge is -2.09. The van der Waals surface area contributed by atoms with Gasteiger partial charge in [0.2, 0.25) is 11.8 Å². The second-order valence-electron chi connectivity index (χ2n) is 14.6. The summed E-state index contributed by atoms with van der Waals surface area (Å²) in [6, 6.07) is 0. The first-order valence-corrected chi connectivity index (χ1v) is 22.2. The molecule has 0 aromatic rings. The zero-order chi connectivity index (χ0) is 37.0. The van der Waals surface area contributed by atoms with Crippen LogP contribution in [-0.4, -0.2) is 64.2 Å². The Labute approximate surface area is 317 Å². The molecule has 0 fully saturated rings. The minimum absolute atomic E-state index is 0.179. The summed E-state index contributed by atoms with van der Waals surface area (Å²) in [5, 5.41) is 16.2. The van der Waals surface area contributed by atoms with Crippen molar-refractivity contribution in [2.45, 2.75) is 194 Å². The van der Waals surface area contributed by atoms with Crippen LogP contribution < -0.4 is 26.6 Å². The fourth-order valence-electron chi connectivity index (χ4n) is 6.20. The van der Waals surface area contributed by atoms with E-state index < -0.39 is 0 Å². The molecule has 0 bridgehead atoms. The molecule has 0 aromatic carbocycles. The van der Waals surface area contributed by atoms with Crippen molar-refractivity contribution in [3.05, 3.63) is 24.3 Å². The third-order valence-corrected chi connectivity index (χ3v) is 9.54. The van der Waals surface area contributed by atoms with E-state index in [4.69, 9.17) is 0 Å². The van der Waals surface area contributed by atoms with Gasteiger partial charge in [0.15, 0.2) is 0 Å². The van der Waals surface area contributed by atoms with Crippen molar-refractivity contribution in [1.29, 1.82) is 0 Å². The maximum Gasteiger partial charge on any atom is 0.220 e. The lowest BCUT2D eigenvalue weighted by molar-refractivity contribution is -0.122. The summed E-state index contributed by atoms with van der Waals surface area (Å²) >= 11 is 0. The number of nitrogens with one attached hydrogen (secondary N) is 5. The molecule has 51 heavy (non-hydrogen) atoms. The molecule has 0 aromatic heterocycles. The number of amides is 2. The van der Waals surface area contributed by atoms with Crippen molar-refractivity contribution in [2.75, 3.05) is 52.4 Å². The van der Waals surface area contributed by atoms with Crippen molar-refractivity contribution in [1.82, 2.24) is 26.6 Å². The molecule has 7 nitrogen and oxygen atoms in total. The van der Waals surface area contributed by atoms with Gasteiger partial charge >= 0.3 is 0 Å². The second kappa shape index (κ2) is 44.5. The van der Waals surface area contributed by atoms with Crippen molar-refractivity contribution in [3.8, 4) is 0 Å². The van der Waals surface area contributed by atoms with Crippen LogP contribution in [0.15, 0.2) is 24.3 Å². The smallest absolute Gasteiger partial charge is 0.220 e. The molecule has 0 atom stereocenters. The second-order valence-corrected chi connectivity index (χ2v) is 14.6. The lowest BCUT2D eigenvalue weighted by atomic mass is 10.1. The maximum absolute atomic E-state index is 12.1. The molecule has 0 rings (SSSR count). The van der Waals surface area contributed by atoms with Gasteiger partial charge in [0, 0.05) is 65.2 Å². The van der Waals surface area contributed by atoms with Gasteiger partial charge in [0.25, 0.3) is 0 Å². The first kappa shape index (κ1) is 49.3. The van der Waals surface area contributed by atoms with E-state index in [0.29, 0.717) is 25.9 Å². The fourth-order valence-corrected chi connectivity index (χ4v) is 6.20. The molecule has 0 unspecified atom stereocenters. The lowest BCUT2D eigenvalue weighted by Crippen LogP contribution is -2.37. The minimum atomic E-state index is 0.179. The molecule has 0 aliphatic heterocycles. The van der Waals surface area contributed by atoms with Gasteiger partial charge in [0.05, 0.1) is 0 Å². The largest absolute Gasteiger partial charge is 0.355 e. The van der Waals surface area contributed by atoms with E-state index in [2.05, 4.69) is 64.7 Å². The third-order valence-electron chi connectivity index (χ3n) is 9.54. The molecule has 5 N–H and O–H groups in total. The van der Waals surface area contributed by atoms with Crippen LogP contribution in [0.25, 0.3) is 0 Å². The molecule has 0 aliphatic rings. The van der Waals surface area contributed by atoms with Crippen LogP contribution in [0.4, 0.5) is 0 Å². The molecular weight excluding hydrogens is 631 g/mol. The number of carbonyl (C=O) groups excluding carboxylic acids is 2. The third kappa shape index (κ3) is 44.4. The molecule has 0 spiro atoms. The zero-order valence-corrected chi connectivity index (χ0v) is 34.1. The molecule has 2 amide bonds. The number of hydrogen-bond acceptors (Lipinski definition) is 5. The van der Waals surface area contributed by atoms with Crippen molar-refractivity contribution >= 4 is 11.8 Å². The monoisotopic (exact) mass is 718 g/mol. The van der Waals surface area contributed by atoms with Crippen LogP contribution in [0.3, 0.4) is 0 Å². The van der Waals surface area contributed by atoms with Gasteiger partial charge in [-0.15, -0.1) is 0 Å². The van der Waals surface area contributed by atoms with Crippen LogP contribution in [0.5, 0.6) is 0 Å². The zero-order valence-electron chi connectivity index (χ0n) is 34.1. The summed E-state index contributed by atoms with van der Waals surface area (Å²) in [4.78, 5) is 24.1. The normalized spacial score (nSPS) is 11.6. The average Bonchev–Trinajstić information content (AvgIpc) is 3.13. The Bertz CT molecular complexity index is 711. The Morgan fingerprint density at radius 3 is 0.902 bits per heavy atom. The van der Waals surface area contributed by atoms with E-state index in [9.17, 15) is 9.59 Å². The fraction of sp³-hybridized carbons (Fsp3) is 0.864. The summed E-state index contributed by atoms with van der Waals surface area (Å²) in [5.74, 6) is 0.357. The van der Waals surface area contributed by atoms with E-state index in [0.717, 1.165) is 65.0 Å². The Hall–Kier alpha value is -1.70. The first-order chi connectivity index (χ1) is 25.2. The van der Waals surface area contributed by atoms with E-state index >= 15 is 0 Å². The van der Waals surface area contributed by atoms with Crippen molar-refractivity contribution < 1.29 is 9.59 Å². The quantitative estimate of drug-likeness (QED) is 0.0320. The minimum Gasteiger partial charge on any atom is -0.355 e. The van der Waals surface area contributed by atoms with Crippen molar-refractivity contribution in [3.63, 3.8) is 0 Å². The summed E-state index contributed by atoms with van der Waals surface area (Å²) in [7, 11) is 0. The summed E-state index contributed by atoms with van der Waals surface area (Å²) in [5.41, 5.74) is 0. The van der Waals surface area contributed by atoms with Gasteiger partial charge in [-0.3, -0.25) is 9.59 Å². The van der Waals surface area contributed by atoms with Crippen LogP contribution >= 0.6 is 0 Å².